The molecule has 0 amide bonds. The lowest BCUT2D eigenvalue weighted by atomic mass is 10.3. The summed E-state index contributed by atoms with van der Waals surface area (Å²) >= 11 is 0. The molecule has 3 heteroatoms. The molecule has 0 saturated carbocycles. The van der Waals surface area contributed by atoms with E-state index in [9.17, 15) is 0 Å². The molecule has 0 aliphatic carbocycles. The van der Waals surface area contributed by atoms with Gasteiger partial charge in [0.2, 0.25) is 0 Å². The van der Waals surface area contributed by atoms with Crippen LogP contribution in [0.4, 0.5) is 0 Å². The van der Waals surface area contributed by atoms with Crippen LogP contribution in [0.25, 0.3) is 11.0 Å². The summed E-state index contributed by atoms with van der Waals surface area (Å²) in [5.41, 5.74) is 2.26. The first kappa shape index (κ1) is 11.1. The van der Waals surface area contributed by atoms with Crippen molar-refractivity contribution in [3.63, 3.8) is 0 Å². The van der Waals surface area contributed by atoms with Crippen molar-refractivity contribution in [2.45, 2.75) is 26.8 Å². The molecule has 0 N–H and O–H groups in total. The molecule has 0 fully saturated rings. The number of ether oxygens (including phenoxy) is 1. The fourth-order valence-electron chi connectivity index (χ4n) is 1.88. The third kappa shape index (κ3) is 2.25. The Hall–Kier alpha value is -1.35. The Kier molecular flexibility index (Phi) is 3.57. The van der Waals surface area contributed by atoms with Crippen LogP contribution in [0.1, 0.15) is 19.2 Å². The third-order valence-corrected chi connectivity index (χ3v) is 2.65. The fraction of sp³-hybridized carbons (Fsp3) is 0.462. The Morgan fingerprint density at radius 2 is 2.06 bits per heavy atom. The van der Waals surface area contributed by atoms with Crippen LogP contribution in [0, 0.1) is 6.92 Å². The van der Waals surface area contributed by atoms with Gasteiger partial charge in [0.15, 0.2) is 0 Å². The maximum Gasteiger partial charge on any atom is 0.106 e. The monoisotopic (exact) mass is 218 g/mol. The van der Waals surface area contributed by atoms with E-state index in [1.165, 1.54) is 5.52 Å². The molecular weight excluding hydrogens is 200 g/mol. The second kappa shape index (κ2) is 5.12. The number of fused-ring (bicyclic) bond motifs is 1. The number of nitrogens with zero attached hydrogens (tertiary/aromatic N) is 2. The molecule has 0 atom stereocenters. The number of para-hydroxylation sites is 2. The molecule has 2 aromatic rings. The summed E-state index contributed by atoms with van der Waals surface area (Å²) in [5, 5.41) is 0. The predicted octanol–water partition coefficient (Wildman–Crippen LogP) is 2.77. The van der Waals surface area contributed by atoms with Crippen molar-refractivity contribution < 1.29 is 4.74 Å². The maximum absolute atomic E-state index is 5.51. The fourth-order valence-corrected chi connectivity index (χ4v) is 1.88. The summed E-state index contributed by atoms with van der Waals surface area (Å²) in [5.74, 6) is 1.06. The molecule has 86 valence electrons. The van der Waals surface area contributed by atoms with Gasteiger partial charge in [-0.1, -0.05) is 19.1 Å². The first-order valence-electron chi connectivity index (χ1n) is 5.82. The summed E-state index contributed by atoms with van der Waals surface area (Å²) in [6.07, 6.45) is 1.07. The maximum atomic E-state index is 5.51. The van der Waals surface area contributed by atoms with Crippen molar-refractivity contribution in [3.8, 4) is 0 Å². The predicted molar refractivity (Wildman–Crippen MR) is 65.6 cm³/mol. The Labute approximate surface area is 96.1 Å². The SMILES string of the molecule is CCCOCCn1c(C)nc2ccccc21. The Morgan fingerprint density at radius 1 is 1.25 bits per heavy atom. The number of benzene rings is 1. The van der Waals surface area contributed by atoms with Crippen LogP contribution in [0.5, 0.6) is 0 Å². The minimum Gasteiger partial charge on any atom is -0.380 e. The highest BCUT2D eigenvalue weighted by Crippen LogP contribution is 2.14. The van der Waals surface area contributed by atoms with Gasteiger partial charge in [0.1, 0.15) is 5.82 Å². The smallest absolute Gasteiger partial charge is 0.106 e. The minimum absolute atomic E-state index is 0.759. The van der Waals surface area contributed by atoms with Crippen molar-refractivity contribution >= 4 is 11.0 Å². The van der Waals surface area contributed by atoms with Crippen molar-refractivity contribution in [2.75, 3.05) is 13.2 Å². The molecule has 0 bridgehead atoms. The first-order chi connectivity index (χ1) is 7.83. The highest BCUT2D eigenvalue weighted by molar-refractivity contribution is 5.75. The van der Waals surface area contributed by atoms with Gasteiger partial charge in [-0.25, -0.2) is 4.98 Å². The molecule has 16 heavy (non-hydrogen) atoms. The molecule has 0 spiro atoms. The number of hydrogen-bond donors (Lipinski definition) is 0. The number of aromatic nitrogens is 2. The minimum atomic E-state index is 0.759. The zero-order valence-corrected chi connectivity index (χ0v) is 9.94. The highest BCUT2D eigenvalue weighted by atomic mass is 16.5. The molecule has 1 heterocycles. The van der Waals surface area contributed by atoms with Crippen LogP contribution < -0.4 is 0 Å². The van der Waals surface area contributed by atoms with Gasteiger partial charge in [0, 0.05) is 13.2 Å². The van der Waals surface area contributed by atoms with E-state index in [2.05, 4.69) is 22.5 Å². The summed E-state index contributed by atoms with van der Waals surface area (Å²) < 4.78 is 7.72. The van der Waals surface area contributed by atoms with E-state index < -0.39 is 0 Å². The molecule has 0 unspecified atom stereocenters. The van der Waals surface area contributed by atoms with Gasteiger partial charge in [-0.2, -0.15) is 0 Å². The average molecular weight is 218 g/mol. The Morgan fingerprint density at radius 3 is 2.88 bits per heavy atom. The molecule has 1 aromatic heterocycles. The number of hydrogen-bond acceptors (Lipinski definition) is 2. The molecular formula is C13H18N2O. The first-order valence-corrected chi connectivity index (χ1v) is 5.82. The van der Waals surface area contributed by atoms with E-state index >= 15 is 0 Å². The number of aryl methyl sites for hydroxylation is 1. The summed E-state index contributed by atoms with van der Waals surface area (Å²) in [4.78, 5) is 4.52. The zero-order chi connectivity index (χ0) is 11.4. The van der Waals surface area contributed by atoms with Gasteiger partial charge < -0.3 is 9.30 Å². The molecule has 0 radical (unpaired) electrons. The summed E-state index contributed by atoms with van der Waals surface area (Å²) in [6.45, 7) is 6.64. The lowest BCUT2D eigenvalue weighted by molar-refractivity contribution is 0.127. The van der Waals surface area contributed by atoms with Gasteiger partial charge in [-0.05, 0) is 25.5 Å². The van der Waals surface area contributed by atoms with Gasteiger partial charge in [-0.3, -0.25) is 0 Å². The topological polar surface area (TPSA) is 27.1 Å². The average Bonchev–Trinajstić information content (AvgIpc) is 2.61. The van der Waals surface area contributed by atoms with Crippen molar-refractivity contribution in [2.24, 2.45) is 0 Å². The second-order valence-electron chi connectivity index (χ2n) is 3.91. The van der Waals surface area contributed by atoms with E-state index in [1.807, 2.05) is 25.1 Å². The van der Waals surface area contributed by atoms with Crippen LogP contribution in [0.2, 0.25) is 0 Å². The summed E-state index contributed by atoms with van der Waals surface area (Å²) in [7, 11) is 0. The normalized spacial score (nSPS) is 11.1. The third-order valence-electron chi connectivity index (χ3n) is 2.65. The van der Waals surface area contributed by atoms with Crippen molar-refractivity contribution in [1.29, 1.82) is 0 Å². The van der Waals surface area contributed by atoms with Gasteiger partial charge in [-0.15, -0.1) is 0 Å². The van der Waals surface area contributed by atoms with E-state index in [0.29, 0.717) is 0 Å². The zero-order valence-electron chi connectivity index (χ0n) is 9.94. The Bertz CT molecular complexity index is 462. The van der Waals surface area contributed by atoms with E-state index in [4.69, 9.17) is 4.74 Å². The lowest BCUT2D eigenvalue weighted by Crippen LogP contribution is -2.07. The van der Waals surface area contributed by atoms with Gasteiger partial charge >= 0.3 is 0 Å². The van der Waals surface area contributed by atoms with Crippen molar-refractivity contribution in [1.82, 2.24) is 9.55 Å². The van der Waals surface area contributed by atoms with Crippen LogP contribution in [0.3, 0.4) is 0 Å². The molecule has 0 aliphatic heterocycles. The molecule has 2 rings (SSSR count). The summed E-state index contributed by atoms with van der Waals surface area (Å²) in [6, 6.07) is 8.22. The highest BCUT2D eigenvalue weighted by Gasteiger charge is 2.05. The standard InChI is InChI=1S/C13H18N2O/c1-3-9-16-10-8-15-11(2)14-12-6-4-5-7-13(12)15/h4-7H,3,8-10H2,1-2H3. The molecule has 0 saturated heterocycles. The van der Waals surface area contributed by atoms with Gasteiger partial charge in [0.25, 0.3) is 0 Å². The largest absolute Gasteiger partial charge is 0.380 e. The van der Waals surface area contributed by atoms with E-state index in [-0.39, 0.29) is 0 Å². The van der Waals surface area contributed by atoms with Crippen LogP contribution >= 0.6 is 0 Å². The molecule has 1 aromatic carbocycles. The number of rotatable bonds is 5. The second-order valence-corrected chi connectivity index (χ2v) is 3.91. The van der Waals surface area contributed by atoms with E-state index in [0.717, 1.165) is 37.5 Å². The van der Waals surface area contributed by atoms with E-state index in [1.54, 1.807) is 0 Å². The Balaban J connectivity index is 2.13. The lowest BCUT2D eigenvalue weighted by Gasteiger charge is -2.07. The molecule has 3 nitrogen and oxygen atoms in total. The quantitative estimate of drug-likeness (QED) is 0.721. The van der Waals surface area contributed by atoms with Gasteiger partial charge in [0.05, 0.1) is 17.6 Å². The van der Waals surface area contributed by atoms with Crippen LogP contribution in [-0.2, 0) is 11.3 Å². The number of imidazole rings is 1. The van der Waals surface area contributed by atoms with Crippen molar-refractivity contribution in [3.05, 3.63) is 30.1 Å². The van der Waals surface area contributed by atoms with Crippen LogP contribution in [0.15, 0.2) is 24.3 Å². The van der Waals surface area contributed by atoms with Crippen LogP contribution in [-0.4, -0.2) is 22.8 Å². The molecule has 0 aliphatic rings.